The van der Waals surface area contributed by atoms with Crippen molar-refractivity contribution in [2.45, 2.75) is 19.6 Å². The lowest BCUT2D eigenvalue weighted by molar-refractivity contribution is 0.282. The van der Waals surface area contributed by atoms with Crippen molar-refractivity contribution in [3.63, 3.8) is 0 Å². The van der Waals surface area contributed by atoms with Crippen molar-refractivity contribution in [1.82, 2.24) is 9.97 Å². The molecule has 0 saturated heterocycles. The molecule has 4 nitrogen and oxygen atoms in total. The summed E-state index contributed by atoms with van der Waals surface area (Å²) in [6, 6.07) is 5.37. The molecule has 2 N–H and O–H groups in total. The molecule has 0 amide bonds. The standard InChI is InChI=1S/C13H14ClN3O/c1-9(13-7-15-4-5-16-13)17-12-6-10(8-18)2-3-11(12)14/h2-7,9,17-18H,8H2,1H3. The molecule has 5 heteroatoms. The molecular weight excluding hydrogens is 250 g/mol. The summed E-state index contributed by atoms with van der Waals surface area (Å²) in [4.78, 5) is 8.26. The molecule has 0 radical (unpaired) electrons. The zero-order chi connectivity index (χ0) is 13.0. The molecule has 1 aromatic heterocycles. The maximum absolute atomic E-state index is 9.11. The Morgan fingerprint density at radius 2 is 2.22 bits per heavy atom. The van der Waals surface area contributed by atoms with Crippen LogP contribution in [0, 0.1) is 0 Å². The van der Waals surface area contributed by atoms with Gasteiger partial charge in [0.25, 0.3) is 0 Å². The van der Waals surface area contributed by atoms with Crippen LogP contribution in [0.5, 0.6) is 0 Å². The Balaban J connectivity index is 2.18. The van der Waals surface area contributed by atoms with Gasteiger partial charge in [-0.25, -0.2) is 0 Å². The second kappa shape index (κ2) is 5.80. The van der Waals surface area contributed by atoms with Crippen molar-refractivity contribution in [2.75, 3.05) is 5.32 Å². The van der Waals surface area contributed by atoms with Crippen molar-refractivity contribution in [1.29, 1.82) is 0 Å². The summed E-state index contributed by atoms with van der Waals surface area (Å²) >= 11 is 6.10. The normalized spacial score (nSPS) is 12.2. The molecule has 1 aromatic carbocycles. The molecule has 1 heterocycles. The lowest BCUT2D eigenvalue weighted by Crippen LogP contribution is -2.09. The van der Waals surface area contributed by atoms with Crippen LogP contribution in [-0.4, -0.2) is 15.1 Å². The summed E-state index contributed by atoms with van der Waals surface area (Å²) in [6.07, 6.45) is 5.00. The smallest absolute Gasteiger partial charge is 0.0806 e. The van der Waals surface area contributed by atoms with Gasteiger partial charge in [-0.05, 0) is 24.6 Å². The molecule has 94 valence electrons. The molecule has 18 heavy (non-hydrogen) atoms. The topological polar surface area (TPSA) is 58.0 Å². The largest absolute Gasteiger partial charge is 0.392 e. The third-order valence-electron chi connectivity index (χ3n) is 2.61. The molecule has 0 bridgehead atoms. The first-order valence-electron chi connectivity index (χ1n) is 5.62. The van der Waals surface area contributed by atoms with Crippen molar-refractivity contribution in [3.8, 4) is 0 Å². The molecular formula is C13H14ClN3O. The maximum atomic E-state index is 9.11. The van der Waals surface area contributed by atoms with E-state index < -0.39 is 0 Å². The van der Waals surface area contributed by atoms with Crippen LogP contribution >= 0.6 is 11.6 Å². The number of nitrogens with one attached hydrogen (secondary N) is 1. The Hall–Kier alpha value is -1.65. The van der Waals surface area contributed by atoms with E-state index in [2.05, 4.69) is 15.3 Å². The van der Waals surface area contributed by atoms with Gasteiger partial charge in [0.15, 0.2) is 0 Å². The number of anilines is 1. The highest BCUT2D eigenvalue weighted by atomic mass is 35.5. The lowest BCUT2D eigenvalue weighted by atomic mass is 10.2. The number of hydrogen-bond acceptors (Lipinski definition) is 4. The lowest BCUT2D eigenvalue weighted by Gasteiger charge is -2.16. The fourth-order valence-electron chi connectivity index (χ4n) is 1.62. The van der Waals surface area contributed by atoms with Crippen molar-refractivity contribution < 1.29 is 5.11 Å². The number of nitrogens with zero attached hydrogens (tertiary/aromatic N) is 2. The van der Waals surface area contributed by atoms with Crippen LogP contribution in [0.3, 0.4) is 0 Å². The van der Waals surface area contributed by atoms with Crippen LogP contribution in [0.4, 0.5) is 5.69 Å². The zero-order valence-corrected chi connectivity index (χ0v) is 10.7. The fourth-order valence-corrected chi connectivity index (χ4v) is 1.79. The van der Waals surface area contributed by atoms with Crippen LogP contribution in [0.25, 0.3) is 0 Å². The molecule has 2 aromatic rings. The minimum atomic E-state index is -0.00913. The van der Waals surface area contributed by atoms with Gasteiger partial charge in [0, 0.05) is 12.4 Å². The molecule has 0 fully saturated rings. The highest BCUT2D eigenvalue weighted by molar-refractivity contribution is 6.33. The summed E-state index contributed by atoms with van der Waals surface area (Å²) in [5, 5.41) is 13.0. The van der Waals surface area contributed by atoms with E-state index in [1.54, 1.807) is 30.7 Å². The monoisotopic (exact) mass is 263 g/mol. The Labute approximate surface area is 111 Å². The molecule has 0 aliphatic carbocycles. The third-order valence-corrected chi connectivity index (χ3v) is 2.94. The van der Waals surface area contributed by atoms with Gasteiger partial charge in [0.05, 0.1) is 35.2 Å². The number of aromatic nitrogens is 2. The summed E-state index contributed by atoms with van der Waals surface area (Å²) in [6.45, 7) is 1.97. The molecule has 0 aliphatic rings. The van der Waals surface area contributed by atoms with Gasteiger partial charge in [0.1, 0.15) is 0 Å². The van der Waals surface area contributed by atoms with Crippen LogP contribution in [0.2, 0.25) is 5.02 Å². The fraction of sp³-hybridized carbons (Fsp3) is 0.231. The zero-order valence-electron chi connectivity index (χ0n) is 9.97. The van der Waals surface area contributed by atoms with Crippen LogP contribution in [0.15, 0.2) is 36.8 Å². The summed E-state index contributed by atoms with van der Waals surface area (Å²) < 4.78 is 0. The van der Waals surface area contributed by atoms with Gasteiger partial charge >= 0.3 is 0 Å². The van der Waals surface area contributed by atoms with E-state index in [9.17, 15) is 0 Å². The third kappa shape index (κ3) is 2.97. The Kier molecular flexibility index (Phi) is 4.12. The molecule has 1 atom stereocenters. The average molecular weight is 264 g/mol. The Bertz CT molecular complexity index is 519. The van der Waals surface area contributed by atoms with Gasteiger partial charge < -0.3 is 10.4 Å². The highest BCUT2D eigenvalue weighted by Gasteiger charge is 2.09. The number of benzene rings is 1. The summed E-state index contributed by atoms with van der Waals surface area (Å²) in [5.74, 6) is 0. The van der Waals surface area contributed by atoms with Crippen LogP contribution < -0.4 is 5.32 Å². The van der Waals surface area contributed by atoms with Crippen LogP contribution in [0.1, 0.15) is 24.2 Å². The van der Waals surface area contributed by atoms with Crippen molar-refractivity contribution in [2.24, 2.45) is 0 Å². The number of rotatable bonds is 4. The first-order valence-corrected chi connectivity index (χ1v) is 6.00. The van der Waals surface area contributed by atoms with E-state index in [0.717, 1.165) is 16.9 Å². The van der Waals surface area contributed by atoms with E-state index in [-0.39, 0.29) is 12.6 Å². The Morgan fingerprint density at radius 1 is 1.39 bits per heavy atom. The second-order valence-electron chi connectivity index (χ2n) is 3.97. The summed E-state index contributed by atoms with van der Waals surface area (Å²) in [5.41, 5.74) is 2.43. The quantitative estimate of drug-likeness (QED) is 0.891. The SMILES string of the molecule is CC(Nc1cc(CO)ccc1Cl)c1cnccn1. The molecule has 0 aliphatic heterocycles. The minimum absolute atomic E-state index is 0.00856. The number of halogens is 1. The van der Waals surface area contributed by atoms with Crippen molar-refractivity contribution in [3.05, 3.63) is 53.1 Å². The Morgan fingerprint density at radius 3 is 2.89 bits per heavy atom. The molecule has 2 rings (SSSR count). The van der Waals surface area contributed by atoms with E-state index in [1.807, 2.05) is 13.0 Å². The van der Waals surface area contributed by atoms with E-state index in [4.69, 9.17) is 16.7 Å². The van der Waals surface area contributed by atoms with E-state index in [0.29, 0.717) is 5.02 Å². The number of hydrogen-bond donors (Lipinski definition) is 2. The average Bonchev–Trinajstić information content (AvgIpc) is 2.42. The highest BCUT2D eigenvalue weighted by Crippen LogP contribution is 2.26. The maximum Gasteiger partial charge on any atom is 0.0806 e. The number of aliphatic hydroxyl groups is 1. The molecule has 0 spiro atoms. The predicted molar refractivity (Wildman–Crippen MR) is 71.4 cm³/mol. The second-order valence-corrected chi connectivity index (χ2v) is 4.38. The minimum Gasteiger partial charge on any atom is -0.392 e. The van der Waals surface area contributed by atoms with Gasteiger partial charge in [-0.2, -0.15) is 0 Å². The van der Waals surface area contributed by atoms with Gasteiger partial charge in [-0.1, -0.05) is 17.7 Å². The first-order chi connectivity index (χ1) is 8.70. The van der Waals surface area contributed by atoms with E-state index >= 15 is 0 Å². The van der Waals surface area contributed by atoms with Crippen LogP contribution in [-0.2, 0) is 6.61 Å². The van der Waals surface area contributed by atoms with Gasteiger partial charge in [-0.15, -0.1) is 0 Å². The van der Waals surface area contributed by atoms with Crippen molar-refractivity contribution >= 4 is 17.3 Å². The summed E-state index contributed by atoms with van der Waals surface area (Å²) in [7, 11) is 0. The first kappa shape index (κ1) is 12.8. The predicted octanol–water partition coefficient (Wildman–Crippen LogP) is 2.80. The van der Waals surface area contributed by atoms with Gasteiger partial charge in [-0.3, -0.25) is 9.97 Å². The molecule has 1 unspecified atom stereocenters. The molecule has 0 saturated carbocycles. The number of aliphatic hydroxyl groups excluding tert-OH is 1. The van der Waals surface area contributed by atoms with E-state index in [1.165, 1.54) is 0 Å². The van der Waals surface area contributed by atoms with Gasteiger partial charge in [0.2, 0.25) is 0 Å².